The van der Waals surface area contributed by atoms with Crippen LogP contribution >= 0.6 is 0 Å². The van der Waals surface area contributed by atoms with E-state index in [4.69, 9.17) is 9.40 Å². The Bertz CT molecular complexity index is 817. The number of anilines is 1. The molecule has 24 heavy (non-hydrogen) atoms. The molecule has 0 unspecified atom stereocenters. The van der Waals surface area contributed by atoms with E-state index in [2.05, 4.69) is 21.3 Å². The molecule has 1 aliphatic rings. The van der Waals surface area contributed by atoms with Gasteiger partial charge in [-0.05, 0) is 44.1 Å². The number of furan rings is 1. The molecular weight excluding hydrogens is 304 g/mol. The lowest BCUT2D eigenvalue weighted by atomic mass is 10.1. The molecule has 1 saturated heterocycles. The Kier molecular flexibility index (Phi) is 4.23. The van der Waals surface area contributed by atoms with Gasteiger partial charge in [-0.2, -0.15) is 0 Å². The highest BCUT2D eigenvalue weighted by atomic mass is 16.3. The summed E-state index contributed by atoms with van der Waals surface area (Å²) in [5, 5.41) is 16.5. The van der Waals surface area contributed by atoms with Gasteiger partial charge in [0.25, 0.3) is 0 Å². The number of aromatic nitrogens is 2. The number of fused-ring (bicyclic) bond motifs is 1. The number of imidazole rings is 1. The first-order valence-corrected chi connectivity index (χ1v) is 8.44. The second kappa shape index (κ2) is 6.67. The van der Waals surface area contributed by atoms with E-state index in [9.17, 15) is 5.11 Å². The Hall–Kier alpha value is -2.31. The van der Waals surface area contributed by atoms with E-state index in [1.807, 2.05) is 24.3 Å². The van der Waals surface area contributed by atoms with Crippen molar-refractivity contribution in [2.45, 2.75) is 32.0 Å². The number of para-hydroxylation sites is 2. The fourth-order valence-corrected chi connectivity index (χ4v) is 3.28. The van der Waals surface area contributed by atoms with Crippen LogP contribution in [-0.2, 0) is 13.2 Å². The first-order chi connectivity index (χ1) is 11.8. The Morgan fingerprint density at radius 3 is 2.92 bits per heavy atom. The van der Waals surface area contributed by atoms with Crippen LogP contribution in [-0.4, -0.2) is 33.8 Å². The third-order valence-electron chi connectivity index (χ3n) is 4.64. The summed E-state index contributed by atoms with van der Waals surface area (Å²) in [7, 11) is 0. The summed E-state index contributed by atoms with van der Waals surface area (Å²) in [6.45, 7) is 2.60. The van der Waals surface area contributed by atoms with Crippen molar-refractivity contribution in [3.63, 3.8) is 0 Å². The van der Waals surface area contributed by atoms with Crippen molar-refractivity contribution in [1.82, 2.24) is 14.9 Å². The van der Waals surface area contributed by atoms with E-state index < -0.39 is 0 Å². The molecule has 1 aliphatic heterocycles. The number of piperidine rings is 1. The third kappa shape index (κ3) is 2.90. The predicted octanol–water partition coefficient (Wildman–Crippen LogP) is 2.33. The van der Waals surface area contributed by atoms with Crippen LogP contribution in [0.25, 0.3) is 11.0 Å². The minimum atomic E-state index is -0.0183. The van der Waals surface area contributed by atoms with Crippen LogP contribution in [0.15, 0.2) is 41.0 Å². The zero-order valence-corrected chi connectivity index (χ0v) is 13.5. The highest BCUT2D eigenvalue weighted by molar-refractivity contribution is 5.78. The largest absolute Gasteiger partial charge is 0.467 e. The van der Waals surface area contributed by atoms with Gasteiger partial charge in [0.2, 0.25) is 5.95 Å². The van der Waals surface area contributed by atoms with Crippen LogP contribution in [0, 0.1) is 0 Å². The Labute approximate surface area is 140 Å². The molecule has 0 saturated carbocycles. The molecule has 0 atom stereocenters. The highest BCUT2D eigenvalue weighted by Gasteiger charge is 2.18. The summed E-state index contributed by atoms with van der Waals surface area (Å²) in [5.41, 5.74) is 2.85. The molecule has 1 aromatic carbocycles. The van der Waals surface area contributed by atoms with Crippen molar-refractivity contribution in [1.29, 1.82) is 0 Å². The minimum absolute atomic E-state index is 0.0183. The number of aliphatic hydroxyl groups is 1. The maximum Gasteiger partial charge on any atom is 0.204 e. The van der Waals surface area contributed by atoms with Gasteiger partial charge >= 0.3 is 0 Å². The molecule has 4 rings (SSSR count). The molecule has 0 amide bonds. The molecule has 0 spiro atoms. The van der Waals surface area contributed by atoms with Gasteiger partial charge in [-0.25, -0.2) is 4.98 Å². The van der Waals surface area contributed by atoms with E-state index in [0.29, 0.717) is 12.6 Å². The molecule has 0 radical (unpaired) electrons. The lowest BCUT2D eigenvalue weighted by Gasteiger charge is -2.24. The molecule has 126 valence electrons. The van der Waals surface area contributed by atoms with Crippen molar-refractivity contribution in [2.24, 2.45) is 0 Å². The van der Waals surface area contributed by atoms with Crippen LogP contribution < -0.4 is 10.6 Å². The van der Waals surface area contributed by atoms with Gasteiger partial charge in [0.15, 0.2) is 0 Å². The fourth-order valence-electron chi connectivity index (χ4n) is 3.28. The summed E-state index contributed by atoms with van der Waals surface area (Å²) in [5.74, 6) is 1.64. The van der Waals surface area contributed by atoms with Crippen molar-refractivity contribution in [3.8, 4) is 0 Å². The number of nitrogens with zero attached hydrogens (tertiary/aromatic N) is 2. The van der Waals surface area contributed by atoms with Crippen LogP contribution in [0.3, 0.4) is 0 Å². The molecule has 3 N–H and O–H groups in total. The molecule has 6 nitrogen and oxygen atoms in total. The van der Waals surface area contributed by atoms with Gasteiger partial charge < -0.3 is 24.7 Å². The topological polar surface area (TPSA) is 75.2 Å². The van der Waals surface area contributed by atoms with Crippen LogP contribution in [0.1, 0.15) is 24.2 Å². The lowest BCUT2D eigenvalue weighted by Crippen LogP contribution is -2.36. The monoisotopic (exact) mass is 326 g/mol. The molecule has 2 aromatic heterocycles. The Morgan fingerprint density at radius 2 is 2.08 bits per heavy atom. The van der Waals surface area contributed by atoms with E-state index in [1.54, 1.807) is 6.26 Å². The smallest absolute Gasteiger partial charge is 0.204 e. The SMILES string of the molecule is OCc1ccoc1Cn1c(NC2CCNCC2)nc2ccccc21. The zero-order valence-electron chi connectivity index (χ0n) is 13.5. The average Bonchev–Trinajstić information content (AvgIpc) is 3.21. The first kappa shape index (κ1) is 15.2. The molecular formula is C18H22N4O2. The van der Waals surface area contributed by atoms with Crippen LogP contribution in [0.2, 0.25) is 0 Å². The molecule has 6 heteroatoms. The quantitative estimate of drug-likeness (QED) is 0.671. The summed E-state index contributed by atoms with van der Waals surface area (Å²) in [4.78, 5) is 4.77. The number of benzene rings is 1. The van der Waals surface area contributed by atoms with Gasteiger partial charge in [-0.15, -0.1) is 0 Å². The van der Waals surface area contributed by atoms with Gasteiger partial charge in [-0.3, -0.25) is 0 Å². The zero-order chi connectivity index (χ0) is 16.4. The molecule has 0 aliphatic carbocycles. The highest BCUT2D eigenvalue weighted by Crippen LogP contribution is 2.24. The van der Waals surface area contributed by atoms with Crippen LogP contribution in [0.4, 0.5) is 5.95 Å². The van der Waals surface area contributed by atoms with E-state index in [0.717, 1.165) is 54.2 Å². The second-order valence-electron chi connectivity index (χ2n) is 6.21. The standard InChI is InChI=1S/C18H22N4O2/c23-12-13-7-10-24-17(13)11-22-16-4-2-1-3-15(16)21-18(22)20-14-5-8-19-9-6-14/h1-4,7,10,14,19,23H,5-6,8-9,11-12H2,(H,20,21). The normalized spacial score (nSPS) is 15.9. The summed E-state index contributed by atoms with van der Waals surface area (Å²) in [6.07, 6.45) is 3.80. The molecule has 3 heterocycles. The maximum atomic E-state index is 9.47. The summed E-state index contributed by atoms with van der Waals surface area (Å²) < 4.78 is 7.71. The van der Waals surface area contributed by atoms with Crippen LogP contribution in [0.5, 0.6) is 0 Å². The first-order valence-electron chi connectivity index (χ1n) is 8.44. The average molecular weight is 326 g/mol. The number of aliphatic hydroxyl groups excluding tert-OH is 1. The maximum absolute atomic E-state index is 9.47. The molecule has 0 bridgehead atoms. The van der Waals surface area contributed by atoms with Gasteiger partial charge in [-0.1, -0.05) is 12.1 Å². The molecule has 3 aromatic rings. The van der Waals surface area contributed by atoms with Crippen molar-refractivity contribution < 1.29 is 9.52 Å². The fraction of sp³-hybridized carbons (Fsp3) is 0.389. The number of hydrogen-bond acceptors (Lipinski definition) is 5. The van der Waals surface area contributed by atoms with Gasteiger partial charge in [0, 0.05) is 11.6 Å². The van der Waals surface area contributed by atoms with Gasteiger partial charge in [0.1, 0.15) is 5.76 Å². The van der Waals surface area contributed by atoms with E-state index in [1.165, 1.54) is 0 Å². The second-order valence-corrected chi connectivity index (χ2v) is 6.21. The number of rotatable bonds is 5. The molecule has 1 fully saturated rings. The number of nitrogens with one attached hydrogen (secondary N) is 2. The summed E-state index contributed by atoms with van der Waals surface area (Å²) >= 11 is 0. The van der Waals surface area contributed by atoms with Crippen molar-refractivity contribution >= 4 is 17.0 Å². The van der Waals surface area contributed by atoms with Gasteiger partial charge in [0.05, 0.1) is 30.4 Å². The Balaban J connectivity index is 1.69. The lowest BCUT2D eigenvalue weighted by molar-refractivity contribution is 0.277. The summed E-state index contributed by atoms with van der Waals surface area (Å²) in [6, 6.07) is 10.3. The Morgan fingerprint density at radius 1 is 1.25 bits per heavy atom. The van der Waals surface area contributed by atoms with E-state index >= 15 is 0 Å². The van der Waals surface area contributed by atoms with Crippen molar-refractivity contribution in [3.05, 3.63) is 47.9 Å². The van der Waals surface area contributed by atoms with Crippen molar-refractivity contribution in [2.75, 3.05) is 18.4 Å². The number of hydrogen-bond donors (Lipinski definition) is 3. The third-order valence-corrected chi connectivity index (χ3v) is 4.64. The van der Waals surface area contributed by atoms with E-state index in [-0.39, 0.29) is 6.61 Å². The minimum Gasteiger partial charge on any atom is -0.467 e. The predicted molar refractivity (Wildman–Crippen MR) is 93.0 cm³/mol.